The second-order valence-corrected chi connectivity index (χ2v) is 3.35. The van der Waals surface area contributed by atoms with Gasteiger partial charge in [-0.05, 0) is 36.4 Å². The molecule has 0 fully saturated rings. The lowest BCUT2D eigenvalue weighted by molar-refractivity contribution is 0.470. The minimum absolute atomic E-state index is 0.0934. The van der Waals surface area contributed by atoms with Crippen LogP contribution in [0.25, 0.3) is 12.2 Å². The average molecular weight is 229 g/mol. The summed E-state index contributed by atoms with van der Waals surface area (Å²) in [6, 6.07) is 7.29. The van der Waals surface area contributed by atoms with E-state index < -0.39 is 5.82 Å². The van der Waals surface area contributed by atoms with Crippen LogP contribution in [0.2, 0.25) is 0 Å². The fourth-order valence-electron chi connectivity index (χ4n) is 1.39. The first-order valence-electron chi connectivity index (χ1n) is 4.85. The van der Waals surface area contributed by atoms with Crippen LogP contribution in [0, 0.1) is 17.1 Å². The Morgan fingerprint density at radius 3 is 2.82 bits per heavy atom. The zero-order chi connectivity index (χ0) is 12.3. The highest BCUT2D eigenvalue weighted by molar-refractivity contribution is 5.72. The molecule has 0 aliphatic heterocycles. The van der Waals surface area contributed by atoms with Gasteiger partial charge in [-0.3, -0.25) is 0 Å². The number of furan rings is 1. The number of aromatic hydroxyl groups is 1. The first-order valence-corrected chi connectivity index (χ1v) is 4.85. The summed E-state index contributed by atoms with van der Waals surface area (Å²) >= 11 is 0. The minimum Gasteiger partial charge on any atom is -0.506 e. The molecule has 17 heavy (non-hydrogen) atoms. The average Bonchev–Trinajstić information content (AvgIpc) is 2.82. The topological polar surface area (TPSA) is 57.2 Å². The van der Waals surface area contributed by atoms with Gasteiger partial charge in [0.15, 0.2) is 0 Å². The molecular weight excluding hydrogens is 221 g/mol. The molecule has 3 nitrogen and oxygen atoms in total. The zero-order valence-corrected chi connectivity index (χ0v) is 8.72. The molecule has 0 aliphatic carbocycles. The lowest BCUT2D eigenvalue weighted by atomic mass is 10.1. The monoisotopic (exact) mass is 229 g/mol. The van der Waals surface area contributed by atoms with E-state index in [4.69, 9.17) is 9.68 Å². The Morgan fingerprint density at radius 2 is 2.18 bits per heavy atom. The van der Waals surface area contributed by atoms with Crippen LogP contribution in [-0.4, -0.2) is 5.11 Å². The molecule has 84 valence electrons. The van der Waals surface area contributed by atoms with Gasteiger partial charge in [0.2, 0.25) is 0 Å². The maximum absolute atomic E-state index is 13.1. The molecule has 4 heteroatoms. The number of halogens is 1. The highest BCUT2D eigenvalue weighted by Crippen LogP contribution is 2.25. The predicted octanol–water partition coefficient (Wildman–Crippen LogP) is 3.17. The summed E-state index contributed by atoms with van der Waals surface area (Å²) in [6.07, 6.45) is 4.57. The SMILES string of the molecule is N#Cc1cc(F)cc(/C=C/c2ccco2)c1O. The van der Waals surface area contributed by atoms with Crippen LogP contribution in [0.1, 0.15) is 16.9 Å². The van der Waals surface area contributed by atoms with Gasteiger partial charge >= 0.3 is 0 Å². The van der Waals surface area contributed by atoms with E-state index in [1.165, 1.54) is 12.3 Å². The van der Waals surface area contributed by atoms with Crippen LogP contribution in [0.5, 0.6) is 5.75 Å². The number of nitriles is 1. The van der Waals surface area contributed by atoms with E-state index in [1.807, 2.05) is 0 Å². The summed E-state index contributed by atoms with van der Waals surface area (Å²) in [6.45, 7) is 0. The highest BCUT2D eigenvalue weighted by atomic mass is 19.1. The normalized spacial score (nSPS) is 10.6. The van der Waals surface area contributed by atoms with E-state index in [9.17, 15) is 9.50 Å². The lowest BCUT2D eigenvalue weighted by Gasteiger charge is -2.01. The maximum atomic E-state index is 13.1. The first-order chi connectivity index (χ1) is 8.20. The third-order valence-corrected chi connectivity index (χ3v) is 2.19. The van der Waals surface area contributed by atoms with E-state index in [1.54, 1.807) is 24.3 Å². The van der Waals surface area contributed by atoms with Crippen molar-refractivity contribution in [2.24, 2.45) is 0 Å². The third kappa shape index (κ3) is 2.34. The molecule has 0 saturated heterocycles. The second-order valence-electron chi connectivity index (χ2n) is 3.35. The zero-order valence-electron chi connectivity index (χ0n) is 8.72. The summed E-state index contributed by atoms with van der Waals surface area (Å²) in [5.41, 5.74) is 0.141. The fourth-order valence-corrected chi connectivity index (χ4v) is 1.39. The third-order valence-electron chi connectivity index (χ3n) is 2.19. The van der Waals surface area contributed by atoms with Crippen LogP contribution in [-0.2, 0) is 0 Å². The van der Waals surface area contributed by atoms with Crippen molar-refractivity contribution < 1.29 is 13.9 Å². The van der Waals surface area contributed by atoms with Gasteiger partial charge in [-0.25, -0.2) is 4.39 Å². The van der Waals surface area contributed by atoms with Crippen molar-refractivity contribution in [1.82, 2.24) is 0 Å². The molecule has 0 atom stereocenters. The Bertz CT molecular complexity index is 595. The minimum atomic E-state index is -0.571. The molecule has 1 heterocycles. The number of hydrogen-bond donors (Lipinski definition) is 1. The van der Waals surface area contributed by atoms with Gasteiger partial charge < -0.3 is 9.52 Å². The molecule has 1 aromatic carbocycles. The van der Waals surface area contributed by atoms with E-state index in [2.05, 4.69) is 0 Å². The van der Waals surface area contributed by atoms with Gasteiger partial charge in [0.1, 0.15) is 23.4 Å². The van der Waals surface area contributed by atoms with Crippen molar-refractivity contribution in [2.75, 3.05) is 0 Å². The summed E-state index contributed by atoms with van der Waals surface area (Å²) in [5, 5.41) is 18.4. The van der Waals surface area contributed by atoms with E-state index in [-0.39, 0.29) is 16.9 Å². The largest absolute Gasteiger partial charge is 0.506 e. The Morgan fingerprint density at radius 1 is 1.35 bits per heavy atom. The maximum Gasteiger partial charge on any atom is 0.140 e. The van der Waals surface area contributed by atoms with E-state index >= 15 is 0 Å². The van der Waals surface area contributed by atoms with Crippen molar-refractivity contribution >= 4 is 12.2 Å². The van der Waals surface area contributed by atoms with Gasteiger partial charge in [0.05, 0.1) is 11.8 Å². The van der Waals surface area contributed by atoms with Crippen molar-refractivity contribution in [3.05, 3.63) is 53.2 Å². The molecule has 0 amide bonds. The molecule has 1 aromatic heterocycles. The van der Waals surface area contributed by atoms with Crippen molar-refractivity contribution in [1.29, 1.82) is 5.26 Å². The van der Waals surface area contributed by atoms with Gasteiger partial charge in [-0.2, -0.15) is 5.26 Å². The number of phenols is 1. The molecule has 1 N–H and O–H groups in total. The van der Waals surface area contributed by atoms with Crippen LogP contribution in [0.15, 0.2) is 34.9 Å². The van der Waals surface area contributed by atoms with Gasteiger partial charge in [0.25, 0.3) is 0 Å². The Kier molecular flexibility index (Phi) is 2.93. The van der Waals surface area contributed by atoms with Gasteiger partial charge in [0, 0.05) is 5.56 Å². The number of nitrogens with zero attached hydrogens (tertiary/aromatic N) is 1. The standard InChI is InChI=1S/C13H8FNO2/c14-11-6-9(13(16)10(7-11)8-15)3-4-12-2-1-5-17-12/h1-7,16H/b4-3+. The van der Waals surface area contributed by atoms with Crippen molar-refractivity contribution in [3.8, 4) is 11.8 Å². The molecule has 0 unspecified atom stereocenters. The molecule has 0 saturated carbocycles. The Labute approximate surface area is 97.0 Å². The van der Waals surface area contributed by atoms with Crippen molar-refractivity contribution in [2.45, 2.75) is 0 Å². The predicted molar refractivity (Wildman–Crippen MR) is 60.4 cm³/mol. The van der Waals surface area contributed by atoms with Gasteiger partial charge in [-0.15, -0.1) is 0 Å². The van der Waals surface area contributed by atoms with Crippen LogP contribution < -0.4 is 0 Å². The smallest absolute Gasteiger partial charge is 0.140 e. The Hall–Kier alpha value is -2.54. The fraction of sp³-hybridized carbons (Fsp3) is 0. The molecular formula is C13H8FNO2. The van der Waals surface area contributed by atoms with Crippen molar-refractivity contribution in [3.63, 3.8) is 0 Å². The van der Waals surface area contributed by atoms with Gasteiger partial charge in [-0.1, -0.05) is 0 Å². The second kappa shape index (κ2) is 4.54. The van der Waals surface area contributed by atoms with E-state index in [0.29, 0.717) is 5.76 Å². The molecule has 2 aromatic rings. The molecule has 0 radical (unpaired) electrons. The number of hydrogen-bond acceptors (Lipinski definition) is 3. The summed E-state index contributed by atoms with van der Waals surface area (Å²) in [5.74, 6) is -0.234. The highest BCUT2D eigenvalue weighted by Gasteiger charge is 2.07. The summed E-state index contributed by atoms with van der Waals surface area (Å²) in [4.78, 5) is 0. The summed E-state index contributed by atoms with van der Waals surface area (Å²) < 4.78 is 18.2. The Balaban J connectivity index is 2.40. The quantitative estimate of drug-likeness (QED) is 0.860. The van der Waals surface area contributed by atoms with E-state index in [0.717, 1.165) is 12.1 Å². The van der Waals surface area contributed by atoms with Crippen LogP contribution in [0.4, 0.5) is 4.39 Å². The number of phenolic OH excluding ortho intramolecular Hbond substituents is 1. The number of rotatable bonds is 2. The summed E-state index contributed by atoms with van der Waals surface area (Å²) in [7, 11) is 0. The number of benzene rings is 1. The van der Waals surface area contributed by atoms with Crippen LogP contribution in [0.3, 0.4) is 0 Å². The molecule has 0 spiro atoms. The molecule has 0 aliphatic rings. The first kappa shape index (κ1) is 11.0. The lowest BCUT2D eigenvalue weighted by Crippen LogP contribution is -1.85. The van der Waals surface area contributed by atoms with Crippen LogP contribution >= 0.6 is 0 Å². The molecule has 2 rings (SSSR count). The molecule has 0 bridgehead atoms.